The van der Waals surface area contributed by atoms with Crippen molar-refractivity contribution in [1.82, 2.24) is 0 Å². The highest BCUT2D eigenvalue weighted by molar-refractivity contribution is 4.80. The molecule has 16 heavy (non-hydrogen) atoms. The lowest BCUT2D eigenvalue weighted by molar-refractivity contribution is -0.134. The Morgan fingerprint density at radius 1 is 1.00 bits per heavy atom. The lowest BCUT2D eigenvalue weighted by Gasteiger charge is -2.28. The fourth-order valence-electron chi connectivity index (χ4n) is 1.19. The van der Waals surface area contributed by atoms with Crippen LogP contribution in [0.4, 0.5) is 0 Å². The molecule has 0 rings (SSSR count). The van der Waals surface area contributed by atoms with Crippen LogP contribution in [-0.2, 0) is 9.47 Å². The topological polar surface area (TPSA) is 79.2 Å². The first kappa shape index (κ1) is 15.3. The lowest BCUT2D eigenvalue weighted by Crippen LogP contribution is -2.45. The molecule has 0 fully saturated rings. The molecule has 3 atom stereocenters. The van der Waals surface area contributed by atoms with E-state index in [0.717, 1.165) is 0 Å². The minimum Gasteiger partial charge on any atom is -0.394 e. The van der Waals surface area contributed by atoms with E-state index in [9.17, 15) is 5.11 Å². The van der Waals surface area contributed by atoms with Gasteiger partial charge in [-0.3, -0.25) is 0 Å². The molecule has 5 heteroatoms. The van der Waals surface area contributed by atoms with E-state index in [1.807, 2.05) is 0 Å². The van der Waals surface area contributed by atoms with Crippen molar-refractivity contribution in [1.29, 1.82) is 0 Å². The standard InChI is InChI=1S/C11H20O5/c1-3-5-15-10(8-13)11(9(14)7-12)16-6-4-2/h3-4,9-14H,1-2,5-8H2/t9-,10+,11+/m1/s1. The van der Waals surface area contributed by atoms with E-state index in [1.54, 1.807) is 0 Å². The third-order valence-electron chi connectivity index (χ3n) is 1.95. The summed E-state index contributed by atoms with van der Waals surface area (Å²) in [5.41, 5.74) is 0. The maximum atomic E-state index is 9.52. The molecule has 0 aliphatic carbocycles. The molecular weight excluding hydrogens is 212 g/mol. The van der Waals surface area contributed by atoms with Crippen LogP contribution in [0.5, 0.6) is 0 Å². The zero-order valence-electron chi connectivity index (χ0n) is 9.29. The van der Waals surface area contributed by atoms with Gasteiger partial charge < -0.3 is 24.8 Å². The molecule has 0 spiro atoms. The largest absolute Gasteiger partial charge is 0.394 e. The predicted octanol–water partition coefficient (Wildman–Crippen LogP) is -0.526. The summed E-state index contributed by atoms with van der Waals surface area (Å²) < 4.78 is 10.5. The summed E-state index contributed by atoms with van der Waals surface area (Å²) in [7, 11) is 0. The van der Waals surface area contributed by atoms with Gasteiger partial charge in [-0.05, 0) is 0 Å². The van der Waals surface area contributed by atoms with Crippen LogP contribution in [0, 0.1) is 0 Å². The van der Waals surface area contributed by atoms with Gasteiger partial charge in [0, 0.05) is 0 Å². The van der Waals surface area contributed by atoms with Crippen LogP contribution < -0.4 is 0 Å². The smallest absolute Gasteiger partial charge is 0.114 e. The number of hydrogen-bond donors (Lipinski definition) is 3. The molecule has 0 saturated carbocycles. The molecule has 3 N–H and O–H groups in total. The Morgan fingerprint density at radius 2 is 1.56 bits per heavy atom. The maximum absolute atomic E-state index is 9.52. The van der Waals surface area contributed by atoms with Crippen molar-refractivity contribution in [3.05, 3.63) is 25.3 Å². The van der Waals surface area contributed by atoms with Gasteiger partial charge in [-0.1, -0.05) is 12.2 Å². The molecule has 0 aliphatic rings. The molecule has 0 heterocycles. The van der Waals surface area contributed by atoms with E-state index in [0.29, 0.717) is 0 Å². The lowest BCUT2D eigenvalue weighted by atomic mass is 10.1. The number of ether oxygens (including phenoxy) is 2. The second-order valence-electron chi connectivity index (χ2n) is 3.18. The zero-order valence-corrected chi connectivity index (χ0v) is 9.29. The monoisotopic (exact) mass is 232 g/mol. The van der Waals surface area contributed by atoms with Crippen LogP contribution in [0.3, 0.4) is 0 Å². The van der Waals surface area contributed by atoms with Gasteiger partial charge in [-0.2, -0.15) is 0 Å². The van der Waals surface area contributed by atoms with Crippen LogP contribution in [0.15, 0.2) is 25.3 Å². The first-order valence-electron chi connectivity index (χ1n) is 5.06. The van der Waals surface area contributed by atoms with E-state index < -0.39 is 24.9 Å². The van der Waals surface area contributed by atoms with Crippen LogP contribution in [-0.4, -0.2) is 60.1 Å². The third-order valence-corrected chi connectivity index (χ3v) is 1.95. The Kier molecular flexibility index (Phi) is 9.07. The Balaban J connectivity index is 4.40. The minimum atomic E-state index is -1.11. The fraction of sp³-hybridized carbons (Fsp3) is 0.636. The van der Waals surface area contributed by atoms with Gasteiger partial charge in [0.2, 0.25) is 0 Å². The van der Waals surface area contributed by atoms with Crippen molar-refractivity contribution >= 4 is 0 Å². The Bertz CT molecular complexity index is 195. The molecule has 94 valence electrons. The molecule has 5 nitrogen and oxygen atoms in total. The predicted molar refractivity (Wildman–Crippen MR) is 60.1 cm³/mol. The minimum absolute atomic E-state index is 0.204. The molecular formula is C11H20O5. The molecule has 0 aliphatic heterocycles. The second-order valence-corrected chi connectivity index (χ2v) is 3.18. The van der Waals surface area contributed by atoms with Gasteiger partial charge >= 0.3 is 0 Å². The molecule has 0 aromatic rings. The fourth-order valence-corrected chi connectivity index (χ4v) is 1.19. The number of aliphatic hydroxyl groups excluding tert-OH is 3. The SMILES string of the molecule is C=CCO[C@@H]([C@H](O)CO)[C@H](CO)OCC=C. The van der Waals surface area contributed by atoms with Gasteiger partial charge in [-0.25, -0.2) is 0 Å². The van der Waals surface area contributed by atoms with Gasteiger partial charge in [-0.15, -0.1) is 13.2 Å². The summed E-state index contributed by atoms with van der Waals surface area (Å²) in [5, 5.41) is 27.5. The Hall–Kier alpha value is -0.720. The average molecular weight is 232 g/mol. The highest BCUT2D eigenvalue weighted by atomic mass is 16.6. The highest BCUT2D eigenvalue weighted by Gasteiger charge is 2.28. The molecule has 0 amide bonds. The third kappa shape index (κ3) is 5.39. The van der Waals surface area contributed by atoms with Crippen LogP contribution in [0.1, 0.15) is 0 Å². The maximum Gasteiger partial charge on any atom is 0.114 e. The number of aliphatic hydroxyl groups is 3. The van der Waals surface area contributed by atoms with E-state index >= 15 is 0 Å². The Labute approximate surface area is 95.6 Å². The van der Waals surface area contributed by atoms with Crippen molar-refractivity contribution in [2.75, 3.05) is 26.4 Å². The van der Waals surface area contributed by atoms with Crippen LogP contribution in [0.25, 0.3) is 0 Å². The first-order chi connectivity index (χ1) is 7.71. The number of rotatable bonds is 10. The molecule has 0 aromatic heterocycles. The van der Waals surface area contributed by atoms with Crippen molar-refractivity contribution in [3.63, 3.8) is 0 Å². The summed E-state index contributed by atoms with van der Waals surface area (Å²) in [6.45, 7) is 6.62. The van der Waals surface area contributed by atoms with E-state index in [2.05, 4.69) is 13.2 Å². The highest BCUT2D eigenvalue weighted by Crippen LogP contribution is 2.09. The molecule has 0 saturated heterocycles. The van der Waals surface area contributed by atoms with Crippen molar-refractivity contribution < 1.29 is 24.8 Å². The zero-order chi connectivity index (χ0) is 12.4. The van der Waals surface area contributed by atoms with Gasteiger partial charge in [0.05, 0.1) is 26.4 Å². The van der Waals surface area contributed by atoms with Crippen molar-refractivity contribution in [2.24, 2.45) is 0 Å². The second kappa shape index (κ2) is 9.50. The quantitative estimate of drug-likeness (QED) is 0.441. The molecule has 0 aromatic carbocycles. The molecule has 0 bridgehead atoms. The Morgan fingerprint density at radius 3 is 2.00 bits per heavy atom. The summed E-state index contributed by atoms with van der Waals surface area (Å²) in [6, 6.07) is 0. The summed E-state index contributed by atoms with van der Waals surface area (Å²) >= 11 is 0. The van der Waals surface area contributed by atoms with E-state index in [4.69, 9.17) is 19.7 Å². The summed E-state index contributed by atoms with van der Waals surface area (Å²) in [6.07, 6.45) is 0.423. The van der Waals surface area contributed by atoms with Crippen LogP contribution in [0.2, 0.25) is 0 Å². The van der Waals surface area contributed by atoms with Crippen LogP contribution >= 0.6 is 0 Å². The number of hydrogen-bond acceptors (Lipinski definition) is 5. The first-order valence-corrected chi connectivity index (χ1v) is 5.06. The summed E-state index contributed by atoms with van der Waals surface area (Å²) in [5.74, 6) is 0. The van der Waals surface area contributed by atoms with E-state index in [-0.39, 0.29) is 19.8 Å². The normalized spacial score (nSPS) is 16.4. The van der Waals surface area contributed by atoms with E-state index in [1.165, 1.54) is 12.2 Å². The summed E-state index contributed by atoms with van der Waals surface area (Å²) in [4.78, 5) is 0. The van der Waals surface area contributed by atoms with Gasteiger partial charge in [0.15, 0.2) is 0 Å². The van der Waals surface area contributed by atoms with Crippen molar-refractivity contribution in [2.45, 2.75) is 18.3 Å². The molecule has 0 unspecified atom stereocenters. The van der Waals surface area contributed by atoms with Gasteiger partial charge in [0.25, 0.3) is 0 Å². The molecule has 0 radical (unpaired) electrons. The average Bonchev–Trinajstić information content (AvgIpc) is 2.32. The van der Waals surface area contributed by atoms with Crippen molar-refractivity contribution in [3.8, 4) is 0 Å². The van der Waals surface area contributed by atoms with Gasteiger partial charge in [0.1, 0.15) is 18.3 Å².